The Labute approximate surface area is 306 Å². The van der Waals surface area contributed by atoms with Gasteiger partial charge in [-0.15, -0.1) is 0 Å². The van der Waals surface area contributed by atoms with Gasteiger partial charge in [-0.3, -0.25) is 14.0 Å². The van der Waals surface area contributed by atoms with Gasteiger partial charge >= 0.3 is 5.97 Å². The molecule has 0 aliphatic heterocycles. The zero-order valence-corrected chi connectivity index (χ0v) is 28.0. The van der Waals surface area contributed by atoms with Gasteiger partial charge < -0.3 is 16.2 Å². The molecule has 52 heavy (non-hydrogen) atoms. The average molecular weight is 708 g/mol. The predicted octanol–water partition coefficient (Wildman–Crippen LogP) is 9.84. The number of rotatable bonds is 9. The van der Waals surface area contributed by atoms with E-state index in [9.17, 15) is 22.8 Å². The molecule has 0 saturated carbocycles. The summed E-state index contributed by atoms with van der Waals surface area (Å²) in [5, 5.41) is 11.5. The molecule has 0 bridgehead atoms. The Morgan fingerprint density at radius 1 is 0.596 bits per heavy atom. The fraction of sp³-hybridized carbons (Fsp3) is 0.136. The van der Waals surface area contributed by atoms with Gasteiger partial charge in [0, 0.05) is 13.1 Å². The Morgan fingerprint density at radius 2 is 1.00 bits per heavy atom. The number of carbonyl (C=O) groups excluding carboxylic acids is 1. The number of carboxylic acid groups (broad SMARTS) is 1. The molecule has 6 rings (SSSR count). The lowest BCUT2D eigenvalue weighted by atomic mass is 10.0. The summed E-state index contributed by atoms with van der Waals surface area (Å²) in [5.41, 5.74) is 13.1. The number of nitrogens with one attached hydrogen (secondary N) is 1. The molecule has 4 N–H and O–H groups in total. The SMILES string of the molecule is C.NCc1cccc(F)c1.O=C(Cc1ccc(-c2ccccc2)cc1)NCc1cccc(F)c1.O=C(O)Cc1ccc(-c2ccccc2)cc1.[2H]CF. The van der Waals surface area contributed by atoms with Gasteiger partial charge in [0.05, 0.1) is 21.4 Å². The van der Waals surface area contributed by atoms with Gasteiger partial charge in [0.15, 0.2) is 0 Å². The molecule has 8 heteroatoms. The predicted molar refractivity (Wildman–Crippen MR) is 205 cm³/mol. The summed E-state index contributed by atoms with van der Waals surface area (Å²) in [6, 6.07) is 48.2. The van der Waals surface area contributed by atoms with E-state index < -0.39 is 13.1 Å². The Bertz CT molecular complexity index is 1930. The molecule has 0 unspecified atom stereocenters. The third-order valence-corrected chi connectivity index (χ3v) is 7.35. The summed E-state index contributed by atoms with van der Waals surface area (Å²) in [6.45, 7) is 0.733. The van der Waals surface area contributed by atoms with Crippen molar-refractivity contribution in [1.82, 2.24) is 5.32 Å². The minimum atomic E-state index is -1.00. The maximum absolute atomic E-state index is 13.1. The number of nitrogens with two attached hydrogens (primary N) is 1. The largest absolute Gasteiger partial charge is 0.481 e. The highest BCUT2D eigenvalue weighted by atomic mass is 19.1. The van der Waals surface area contributed by atoms with Gasteiger partial charge in [0.2, 0.25) is 5.91 Å². The quantitative estimate of drug-likeness (QED) is 0.140. The lowest BCUT2D eigenvalue weighted by molar-refractivity contribution is -0.136. The van der Waals surface area contributed by atoms with Crippen LogP contribution >= 0.6 is 0 Å². The zero-order chi connectivity index (χ0) is 37.6. The number of alkyl halides is 1. The van der Waals surface area contributed by atoms with E-state index in [0.29, 0.717) is 19.5 Å². The second kappa shape index (κ2) is 23.4. The van der Waals surface area contributed by atoms with Crippen molar-refractivity contribution in [2.45, 2.75) is 33.4 Å². The summed E-state index contributed by atoms with van der Waals surface area (Å²) in [6.07, 6.45) is 0.388. The third-order valence-electron chi connectivity index (χ3n) is 7.35. The normalized spacial score (nSPS) is 9.88. The summed E-state index contributed by atoms with van der Waals surface area (Å²) in [5.74, 6) is -1.39. The van der Waals surface area contributed by atoms with E-state index in [1.165, 1.54) is 24.3 Å². The summed E-state index contributed by atoms with van der Waals surface area (Å²) in [7, 11) is -1.00. The van der Waals surface area contributed by atoms with Crippen LogP contribution in [0.5, 0.6) is 0 Å². The van der Waals surface area contributed by atoms with Crippen LogP contribution in [0.3, 0.4) is 0 Å². The fourth-order valence-electron chi connectivity index (χ4n) is 4.83. The molecule has 0 radical (unpaired) electrons. The van der Waals surface area contributed by atoms with Gasteiger partial charge in [-0.2, -0.15) is 0 Å². The fourth-order valence-corrected chi connectivity index (χ4v) is 4.83. The Hall–Kier alpha value is -5.99. The van der Waals surface area contributed by atoms with Gasteiger partial charge in [0.1, 0.15) is 11.6 Å². The number of benzene rings is 6. The van der Waals surface area contributed by atoms with Crippen molar-refractivity contribution in [2.24, 2.45) is 5.73 Å². The van der Waals surface area contributed by atoms with Gasteiger partial charge in [0.25, 0.3) is 0 Å². The van der Waals surface area contributed by atoms with Gasteiger partial charge in [-0.05, 0) is 68.8 Å². The molecule has 1 amide bonds. The van der Waals surface area contributed by atoms with Crippen molar-refractivity contribution in [3.8, 4) is 22.3 Å². The summed E-state index contributed by atoms with van der Waals surface area (Å²) >= 11 is 0. The Kier molecular flexibility index (Phi) is 18.2. The lowest BCUT2D eigenvalue weighted by Crippen LogP contribution is -2.24. The van der Waals surface area contributed by atoms with Crippen molar-refractivity contribution in [3.05, 3.63) is 192 Å². The molecule has 0 aliphatic rings. The second-order valence-corrected chi connectivity index (χ2v) is 11.1. The van der Waals surface area contributed by atoms with Gasteiger partial charge in [-0.25, -0.2) is 8.78 Å². The second-order valence-electron chi connectivity index (χ2n) is 11.1. The van der Waals surface area contributed by atoms with Crippen molar-refractivity contribution in [2.75, 3.05) is 7.15 Å². The molecule has 270 valence electrons. The van der Waals surface area contributed by atoms with Crippen molar-refractivity contribution in [1.29, 1.82) is 0 Å². The van der Waals surface area contributed by atoms with Crippen LogP contribution in [0.2, 0.25) is 0 Å². The first-order valence-corrected chi connectivity index (χ1v) is 16.0. The highest BCUT2D eigenvalue weighted by molar-refractivity contribution is 5.79. The molecule has 5 nitrogen and oxygen atoms in total. The molecule has 0 fully saturated rings. The molecule has 6 aromatic rings. The smallest absolute Gasteiger partial charge is 0.307 e. The van der Waals surface area contributed by atoms with E-state index in [1.54, 1.807) is 24.3 Å². The molecular formula is C44H45F3N2O3. The van der Waals surface area contributed by atoms with Crippen LogP contribution in [0.25, 0.3) is 22.3 Å². The molecule has 0 atom stereocenters. The molecule has 0 saturated heterocycles. The van der Waals surface area contributed by atoms with Crippen LogP contribution in [-0.2, 0) is 35.5 Å². The molecule has 0 spiro atoms. The zero-order valence-electron chi connectivity index (χ0n) is 29.0. The third kappa shape index (κ3) is 15.3. The van der Waals surface area contributed by atoms with Crippen LogP contribution < -0.4 is 11.1 Å². The molecule has 0 aromatic heterocycles. The molecule has 0 aliphatic carbocycles. The van der Waals surface area contributed by atoms with Gasteiger partial charge in [-0.1, -0.05) is 141 Å². The summed E-state index contributed by atoms with van der Waals surface area (Å²) < 4.78 is 40.9. The highest BCUT2D eigenvalue weighted by Gasteiger charge is 2.05. The van der Waals surface area contributed by atoms with Crippen LogP contribution in [0, 0.1) is 11.6 Å². The first-order valence-electron chi connectivity index (χ1n) is 16.7. The van der Waals surface area contributed by atoms with Crippen molar-refractivity contribution in [3.63, 3.8) is 0 Å². The van der Waals surface area contributed by atoms with Crippen LogP contribution in [0.4, 0.5) is 13.2 Å². The average Bonchev–Trinajstić information content (AvgIpc) is 3.16. The minimum absolute atomic E-state index is 0. The van der Waals surface area contributed by atoms with Crippen molar-refractivity contribution >= 4 is 11.9 Å². The first kappa shape index (κ1) is 40.4. The van der Waals surface area contributed by atoms with E-state index in [1.807, 2.05) is 97.1 Å². The molecular weight excluding hydrogens is 661 g/mol. The highest BCUT2D eigenvalue weighted by Crippen LogP contribution is 2.20. The van der Waals surface area contributed by atoms with Crippen LogP contribution in [-0.4, -0.2) is 24.1 Å². The number of hydrogen-bond donors (Lipinski definition) is 3. The number of hydrogen-bond acceptors (Lipinski definition) is 3. The van der Waals surface area contributed by atoms with E-state index in [4.69, 9.17) is 12.2 Å². The summed E-state index contributed by atoms with van der Waals surface area (Å²) in [4.78, 5) is 22.5. The van der Waals surface area contributed by atoms with Crippen molar-refractivity contribution < 1.29 is 29.2 Å². The molecule has 6 aromatic carbocycles. The topological polar surface area (TPSA) is 92.4 Å². The number of halogens is 3. The Balaban J connectivity index is 0.000000288. The van der Waals surface area contributed by atoms with E-state index in [0.717, 1.165) is 44.5 Å². The van der Waals surface area contributed by atoms with Crippen LogP contribution in [0.1, 0.15) is 31.1 Å². The van der Waals surface area contributed by atoms with E-state index >= 15 is 0 Å². The first-order chi connectivity index (χ1) is 25.2. The number of amides is 1. The lowest BCUT2D eigenvalue weighted by Gasteiger charge is -2.07. The maximum Gasteiger partial charge on any atom is 0.307 e. The standard InChI is InChI=1S/C21H18FNO.C14H12O2.C7H8FN.CH3F.CH4/c22-20-8-4-5-17(13-20)15-23-21(24)14-16-9-11-19(12-10-16)18-6-2-1-3-7-18;15-14(16)10-11-6-8-13(9-7-11)12-4-2-1-3-5-12;8-7-3-1-2-6(4-7)5-9;1-2;/h1-13H,14-15H2,(H,23,24);1-9H,10H2,(H,15,16);1-4H,5,9H2;1H3;1H4/i;;;1D;. The monoisotopic (exact) mass is 707 g/mol. The Morgan fingerprint density at radius 3 is 1.40 bits per heavy atom. The number of aliphatic carboxylic acids is 1. The number of carboxylic acids is 1. The van der Waals surface area contributed by atoms with E-state index in [2.05, 4.69) is 17.4 Å². The van der Waals surface area contributed by atoms with Crippen LogP contribution in [0.15, 0.2) is 158 Å². The maximum atomic E-state index is 13.1. The minimum Gasteiger partial charge on any atom is -0.481 e. The number of carbonyl (C=O) groups is 2. The molecule has 0 heterocycles. The van der Waals surface area contributed by atoms with E-state index in [-0.39, 0.29) is 31.4 Å².